The minimum absolute atomic E-state index is 0.0478. The van der Waals surface area contributed by atoms with Crippen LogP contribution in [0.1, 0.15) is 5.56 Å². The predicted octanol–water partition coefficient (Wildman–Crippen LogP) is 6.38. The molecule has 1 aliphatic carbocycles. The van der Waals surface area contributed by atoms with Crippen LogP contribution in [-0.2, 0) is 11.2 Å². The maximum Gasteiger partial charge on any atom is 0.326 e. The molecule has 2 atom stereocenters. The number of urea groups is 1. The van der Waals surface area contributed by atoms with E-state index in [1.807, 2.05) is 82.6 Å². The number of anilines is 3. The topological polar surface area (TPSA) is 52.7 Å². The molecular formula is C29H25N3O2S2. The summed E-state index contributed by atoms with van der Waals surface area (Å²) in [5, 5.41) is 3.27. The quantitative estimate of drug-likeness (QED) is 0.413. The smallest absolute Gasteiger partial charge is 0.311 e. The second kappa shape index (κ2) is 9.91. The number of thioether (sulfide) groups is 2. The van der Waals surface area contributed by atoms with E-state index in [1.165, 1.54) is 17.3 Å². The Kier molecular flexibility index (Phi) is 6.34. The van der Waals surface area contributed by atoms with Crippen LogP contribution in [0.4, 0.5) is 21.9 Å². The molecular weight excluding hydrogens is 486 g/mol. The van der Waals surface area contributed by atoms with Crippen molar-refractivity contribution in [2.24, 2.45) is 0 Å². The lowest BCUT2D eigenvalue weighted by atomic mass is 10.1. The molecule has 2 unspecified atom stereocenters. The number of nitrogens with zero attached hydrogens (tertiary/aromatic N) is 2. The Morgan fingerprint density at radius 3 is 2.67 bits per heavy atom. The highest BCUT2D eigenvalue weighted by atomic mass is 32.2. The molecule has 0 radical (unpaired) electrons. The summed E-state index contributed by atoms with van der Waals surface area (Å²) < 4.78 is 0. The average molecular weight is 512 g/mol. The first kappa shape index (κ1) is 23.0. The van der Waals surface area contributed by atoms with Crippen LogP contribution in [0, 0.1) is 0 Å². The third-order valence-electron chi connectivity index (χ3n) is 6.60. The first-order chi connectivity index (χ1) is 17.7. The Morgan fingerprint density at radius 1 is 0.944 bits per heavy atom. The van der Waals surface area contributed by atoms with Crippen molar-refractivity contribution < 1.29 is 9.59 Å². The van der Waals surface area contributed by atoms with Crippen molar-refractivity contribution in [3.05, 3.63) is 103 Å². The first-order valence-electron chi connectivity index (χ1n) is 12.0. The Labute approximate surface area is 219 Å². The lowest BCUT2D eigenvalue weighted by Gasteiger charge is -2.40. The van der Waals surface area contributed by atoms with Gasteiger partial charge in [0.05, 0.1) is 22.7 Å². The summed E-state index contributed by atoms with van der Waals surface area (Å²) in [7, 11) is 0. The molecule has 5 nitrogen and oxygen atoms in total. The Hall–Kier alpha value is -3.42. The number of hydrogen-bond acceptors (Lipinski definition) is 4. The van der Waals surface area contributed by atoms with Crippen molar-refractivity contribution in [1.82, 2.24) is 0 Å². The molecule has 3 aromatic carbocycles. The molecule has 180 valence electrons. The van der Waals surface area contributed by atoms with Crippen molar-refractivity contribution in [3.8, 4) is 0 Å². The average Bonchev–Trinajstić information content (AvgIpc) is 3.35. The van der Waals surface area contributed by atoms with Gasteiger partial charge in [0.1, 0.15) is 0 Å². The molecule has 0 aromatic heterocycles. The van der Waals surface area contributed by atoms with E-state index in [9.17, 15) is 9.59 Å². The van der Waals surface area contributed by atoms with E-state index in [0.717, 1.165) is 34.1 Å². The molecule has 2 aliphatic heterocycles. The summed E-state index contributed by atoms with van der Waals surface area (Å²) in [4.78, 5) is 32.2. The number of para-hydroxylation sites is 2. The third kappa shape index (κ3) is 4.45. The van der Waals surface area contributed by atoms with E-state index < -0.39 is 0 Å². The van der Waals surface area contributed by atoms with Crippen molar-refractivity contribution in [1.29, 1.82) is 0 Å². The van der Waals surface area contributed by atoms with Crippen LogP contribution in [0.25, 0.3) is 0 Å². The number of hydrogen-bond donors (Lipinski definition) is 1. The Balaban J connectivity index is 1.15. The summed E-state index contributed by atoms with van der Waals surface area (Å²) >= 11 is 3.28. The maximum atomic E-state index is 13.5. The first-order valence-corrected chi connectivity index (χ1v) is 13.9. The van der Waals surface area contributed by atoms with Gasteiger partial charge in [-0.25, -0.2) is 4.79 Å². The zero-order valence-corrected chi connectivity index (χ0v) is 21.2. The fourth-order valence-electron chi connectivity index (χ4n) is 4.89. The highest BCUT2D eigenvalue weighted by molar-refractivity contribution is 8.00. The highest BCUT2D eigenvalue weighted by Crippen LogP contribution is 2.43. The van der Waals surface area contributed by atoms with Crippen LogP contribution in [0.3, 0.4) is 0 Å². The van der Waals surface area contributed by atoms with Crippen molar-refractivity contribution >= 4 is 52.5 Å². The minimum atomic E-state index is -0.162. The molecule has 6 rings (SSSR count). The van der Waals surface area contributed by atoms with Crippen molar-refractivity contribution in [3.63, 3.8) is 0 Å². The van der Waals surface area contributed by atoms with Crippen molar-refractivity contribution in [2.45, 2.75) is 27.5 Å². The molecule has 7 heteroatoms. The number of benzene rings is 3. The molecule has 3 amide bonds. The van der Waals surface area contributed by atoms with E-state index in [0.29, 0.717) is 11.4 Å². The second-order valence-corrected chi connectivity index (χ2v) is 11.1. The molecule has 36 heavy (non-hydrogen) atoms. The normalized spacial score (nSPS) is 19.4. The predicted molar refractivity (Wildman–Crippen MR) is 149 cm³/mol. The molecule has 2 heterocycles. The number of carbonyl (C=O) groups is 2. The number of rotatable bonds is 4. The SMILES string of the molecule is O=C(CSc1cccc(NC(=O)N2c3ccccc3SC3C=CC=CC32)c1)N1CCc2ccccc21. The van der Waals surface area contributed by atoms with Crippen LogP contribution in [0.5, 0.6) is 0 Å². The van der Waals surface area contributed by atoms with E-state index in [4.69, 9.17) is 0 Å². The fourth-order valence-corrected chi connectivity index (χ4v) is 6.98. The summed E-state index contributed by atoms with van der Waals surface area (Å²) in [5.74, 6) is 0.452. The summed E-state index contributed by atoms with van der Waals surface area (Å²) in [6.45, 7) is 0.732. The monoisotopic (exact) mass is 511 g/mol. The van der Waals surface area contributed by atoms with E-state index in [-0.39, 0.29) is 23.2 Å². The van der Waals surface area contributed by atoms with Gasteiger partial charge < -0.3 is 10.2 Å². The lowest BCUT2D eigenvalue weighted by Crippen LogP contribution is -2.49. The summed E-state index contributed by atoms with van der Waals surface area (Å²) in [6, 6.07) is 23.6. The van der Waals surface area contributed by atoms with Crippen LogP contribution < -0.4 is 15.1 Å². The fraction of sp³-hybridized carbons (Fsp3) is 0.172. The van der Waals surface area contributed by atoms with Gasteiger partial charge in [-0.2, -0.15) is 0 Å². The lowest BCUT2D eigenvalue weighted by molar-refractivity contribution is -0.116. The van der Waals surface area contributed by atoms with Gasteiger partial charge in [-0.3, -0.25) is 9.69 Å². The number of nitrogens with one attached hydrogen (secondary N) is 1. The molecule has 0 bridgehead atoms. The molecule has 1 N–H and O–H groups in total. The van der Waals surface area contributed by atoms with Gasteiger partial charge in [-0.15, -0.1) is 23.5 Å². The van der Waals surface area contributed by atoms with E-state index >= 15 is 0 Å². The van der Waals surface area contributed by atoms with Crippen LogP contribution in [0.15, 0.2) is 107 Å². The van der Waals surface area contributed by atoms with Crippen molar-refractivity contribution in [2.75, 3.05) is 27.4 Å². The van der Waals surface area contributed by atoms with Gasteiger partial charge in [-0.1, -0.05) is 60.7 Å². The van der Waals surface area contributed by atoms with Gasteiger partial charge >= 0.3 is 6.03 Å². The molecule has 0 spiro atoms. The van der Waals surface area contributed by atoms with Gasteiger partial charge in [0, 0.05) is 27.7 Å². The Morgan fingerprint density at radius 2 is 1.75 bits per heavy atom. The standard InChI is InChI=1S/C29H25N3O2S2/c33-28(31-17-16-20-8-1-2-11-23(20)31)19-35-22-10-7-9-21(18-22)30-29(34)32-24-12-3-5-14-26(24)36-27-15-6-4-13-25(27)32/h1-15,18,24,26H,16-17,19H2,(H,30,34). The zero-order valence-electron chi connectivity index (χ0n) is 19.5. The number of fused-ring (bicyclic) bond motifs is 3. The second-order valence-electron chi connectivity index (χ2n) is 8.85. The third-order valence-corrected chi connectivity index (χ3v) is 8.88. The van der Waals surface area contributed by atoms with Crippen LogP contribution in [0.2, 0.25) is 0 Å². The molecule has 0 saturated carbocycles. The van der Waals surface area contributed by atoms with E-state index in [1.54, 1.807) is 11.8 Å². The van der Waals surface area contributed by atoms with Gasteiger partial charge in [0.25, 0.3) is 0 Å². The molecule has 3 aromatic rings. The van der Waals surface area contributed by atoms with Gasteiger partial charge in [0.2, 0.25) is 5.91 Å². The van der Waals surface area contributed by atoms with E-state index in [2.05, 4.69) is 29.6 Å². The van der Waals surface area contributed by atoms with Crippen LogP contribution >= 0.6 is 23.5 Å². The number of amides is 3. The van der Waals surface area contributed by atoms with Gasteiger partial charge in [0.15, 0.2) is 0 Å². The molecule has 3 aliphatic rings. The summed E-state index contributed by atoms with van der Waals surface area (Å²) in [6.07, 6.45) is 9.18. The number of carbonyl (C=O) groups excluding carboxylic acids is 2. The minimum Gasteiger partial charge on any atom is -0.311 e. The highest BCUT2D eigenvalue weighted by Gasteiger charge is 2.36. The Bertz CT molecular complexity index is 1390. The summed E-state index contributed by atoms with van der Waals surface area (Å²) in [5.41, 5.74) is 3.88. The molecule has 0 saturated heterocycles. The largest absolute Gasteiger partial charge is 0.326 e. The maximum absolute atomic E-state index is 13.5. The molecule has 0 fully saturated rings. The van der Waals surface area contributed by atoms with Crippen LogP contribution in [-0.4, -0.2) is 35.5 Å². The number of allylic oxidation sites excluding steroid dienone is 2. The van der Waals surface area contributed by atoms with Gasteiger partial charge in [-0.05, 0) is 48.4 Å². The zero-order chi connectivity index (χ0) is 24.5.